The van der Waals surface area contributed by atoms with Gasteiger partial charge < -0.3 is 5.32 Å². The Morgan fingerprint density at radius 1 is 1.17 bits per heavy atom. The molecule has 0 saturated heterocycles. The molecule has 2 N–H and O–H groups in total. The number of amides is 1. The van der Waals surface area contributed by atoms with Crippen LogP contribution < -0.4 is 10.0 Å². The molecule has 0 aliphatic rings. The van der Waals surface area contributed by atoms with Crippen molar-refractivity contribution in [3.63, 3.8) is 0 Å². The van der Waals surface area contributed by atoms with E-state index in [1.807, 2.05) is 31.2 Å². The van der Waals surface area contributed by atoms with E-state index in [1.54, 1.807) is 20.8 Å². The van der Waals surface area contributed by atoms with Crippen LogP contribution in [0.2, 0.25) is 0 Å². The first-order valence-electron chi connectivity index (χ1n) is 7.43. The minimum Gasteiger partial charge on any atom is -0.300 e. The first kappa shape index (κ1) is 18.5. The molecule has 1 atom stereocenters. The van der Waals surface area contributed by atoms with Crippen LogP contribution in [0.4, 0.5) is 5.13 Å². The number of hydrogen-bond acceptors (Lipinski definition) is 6. The molecule has 0 aliphatic heterocycles. The van der Waals surface area contributed by atoms with E-state index in [4.69, 9.17) is 0 Å². The fraction of sp³-hybridized carbons (Fsp3) is 0.400. The summed E-state index contributed by atoms with van der Waals surface area (Å²) in [6.07, 6.45) is 0. The van der Waals surface area contributed by atoms with Crippen molar-refractivity contribution >= 4 is 32.4 Å². The van der Waals surface area contributed by atoms with Gasteiger partial charge in [-0.15, -0.1) is 10.2 Å². The zero-order chi connectivity index (χ0) is 17.9. The van der Waals surface area contributed by atoms with Gasteiger partial charge in [0.1, 0.15) is 0 Å². The highest BCUT2D eigenvalue weighted by Crippen LogP contribution is 2.23. The lowest BCUT2D eigenvalue weighted by molar-refractivity contribution is -0.118. The smallest absolute Gasteiger partial charge is 0.270 e. The number of aryl methyl sites for hydroxylation is 1. The molecule has 7 nitrogen and oxygen atoms in total. The monoisotopic (exact) mass is 368 g/mol. The Hall–Kier alpha value is -1.84. The molecule has 0 aliphatic carbocycles. The van der Waals surface area contributed by atoms with Crippen molar-refractivity contribution in [3.05, 3.63) is 35.4 Å². The van der Waals surface area contributed by atoms with E-state index in [0.717, 1.165) is 22.5 Å². The van der Waals surface area contributed by atoms with Crippen molar-refractivity contribution in [2.45, 2.75) is 38.1 Å². The lowest BCUT2D eigenvalue weighted by Gasteiger charge is -2.15. The van der Waals surface area contributed by atoms with Gasteiger partial charge in [-0.05, 0) is 25.0 Å². The van der Waals surface area contributed by atoms with Gasteiger partial charge in [-0.3, -0.25) is 4.79 Å². The number of carbonyl (C=O) groups is 1. The van der Waals surface area contributed by atoms with Crippen molar-refractivity contribution < 1.29 is 13.2 Å². The van der Waals surface area contributed by atoms with E-state index in [1.165, 1.54) is 0 Å². The van der Waals surface area contributed by atoms with Crippen molar-refractivity contribution in [2.75, 3.05) is 5.32 Å². The van der Waals surface area contributed by atoms with Gasteiger partial charge in [0, 0.05) is 12.0 Å². The predicted molar refractivity (Wildman–Crippen MR) is 93.3 cm³/mol. The van der Waals surface area contributed by atoms with Gasteiger partial charge in [-0.25, -0.2) is 13.1 Å². The van der Waals surface area contributed by atoms with Gasteiger partial charge >= 0.3 is 0 Å². The molecule has 0 spiro atoms. The third kappa shape index (κ3) is 4.37. The Bertz CT molecular complexity index is 831. The van der Waals surface area contributed by atoms with Crippen LogP contribution in [0, 0.1) is 12.8 Å². The SMILES string of the molecule is Cc1ccccc1[C@H](C)NS(=O)(=O)c1nnc(NC(=O)C(C)C)s1. The Kier molecular flexibility index (Phi) is 5.68. The summed E-state index contributed by atoms with van der Waals surface area (Å²) in [5.74, 6) is -0.468. The maximum atomic E-state index is 12.4. The zero-order valence-electron chi connectivity index (χ0n) is 13.9. The average Bonchev–Trinajstić information content (AvgIpc) is 2.96. The number of benzene rings is 1. The second-order valence-corrected chi connectivity index (χ2v) is 8.58. The summed E-state index contributed by atoms with van der Waals surface area (Å²) in [4.78, 5) is 11.6. The number of carbonyl (C=O) groups excluding carboxylic acids is 1. The van der Waals surface area contributed by atoms with Crippen LogP contribution in [0.15, 0.2) is 28.6 Å². The van der Waals surface area contributed by atoms with Crippen LogP contribution in [-0.4, -0.2) is 24.5 Å². The van der Waals surface area contributed by atoms with Crippen molar-refractivity contribution in [1.29, 1.82) is 0 Å². The summed E-state index contributed by atoms with van der Waals surface area (Å²) in [5, 5.41) is 10.1. The number of rotatable bonds is 6. The second-order valence-electron chi connectivity index (χ2n) is 5.72. The molecule has 0 fully saturated rings. The summed E-state index contributed by atoms with van der Waals surface area (Å²) in [5.41, 5.74) is 1.88. The summed E-state index contributed by atoms with van der Waals surface area (Å²) < 4.78 is 27.3. The molecule has 1 aromatic carbocycles. The standard InChI is InChI=1S/C15H20N4O3S2/c1-9(2)13(20)16-14-17-18-15(23-14)24(21,22)19-11(4)12-8-6-5-7-10(12)3/h5-9,11,19H,1-4H3,(H,16,17,20)/t11-/m0/s1. The molecule has 1 amide bonds. The molecule has 0 bridgehead atoms. The van der Waals surface area contributed by atoms with Crippen LogP contribution in [-0.2, 0) is 14.8 Å². The van der Waals surface area contributed by atoms with Crippen molar-refractivity contribution in [1.82, 2.24) is 14.9 Å². The Labute approximate surface area is 145 Å². The molecule has 2 aromatic rings. The molecule has 9 heteroatoms. The van der Waals surface area contributed by atoms with E-state index in [0.29, 0.717) is 0 Å². The highest BCUT2D eigenvalue weighted by molar-refractivity contribution is 7.91. The molecular weight excluding hydrogens is 348 g/mol. The maximum Gasteiger partial charge on any atom is 0.270 e. The summed E-state index contributed by atoms with van der Waals surface area (Å²) in [7, 11) is -3.82. The van der Waals surface area contributed by atoms with Crippen LogP contribution in [0.5, 0.6) is 0 Å². The topological polar surface area (TPSA) is 101 Å². The third-order valence-electron chi connectivity index (χ3n) is 3.38. The fourth-order valence-corrected chi connectivity index (χ4v) is 4.18. The predicted octanol–water partition coefficient (Wildman–Crippen LogP) is 2.48. The molecule has 2 rings (SSSR count). The lowest BCUT2D eigenvalue weighted by Crippen LogP contribution is -2.27. The summed E-state index contributed by atoms with van der Waals surface area (Å²) in [6.45, 7) is 7.16. The lowest BCUT2D eigenvalue weighted by atomic mass is 10.0. The number of aromatic nitrogens is 2. The Morgan fingerprint density at radius 2 is 1.83 bits per heavy atom. The van der Waals surface area contributed by atoms with E-state index in [2.05, 4.69) is 20.2 Å². The minimum atomic E-state index is -3.82. The Balaban J connectivity index is 2.15. The largest absolute Gasteiger partial charge is 0.300 e. The first-order chi connectivity index (χ1) is 11.2. The van der Waals surface area contributed by atoms with E-state index < -0.39 is 16.1 Å². The average molecular weight is 368 g/mol. The van der Waals surface area contributed by atoms with Crippen molar-refractivity contribution in [2.24, 2.45) is 5.92 Å². The van der Waals surface area contributed by atoms with E-state index >= 15 is 0 Å². The van der Waals surface area contributed by atoms with Gasteiger partial charge in [0.25, 0.3) is 10.0 Å². The third-order valence-corrected chi connectivity index (χ3v) is 6.12. The minimum absolute atomic E-state index is 0.164. The van der Waals surface area contributed by atoms with E-state index in [9.17, 15) is 13.2 Å². The van der Waals surface area contributed by atoms with Crippen LogP contribution in [0.1, 0.15) is 37.9 Å². The quantitative estimate of drug-likeness (QED) is 0.763. The summed E-state index contributed by atoms with van der Waals surface area (Å²) in [6, 6.07) is 7.14. The number of sulfonamides is 1. The zero-order valence-corrected chi connectivity index (χ0v) is 15.5. The fourth-order valence-electron chi connectivity index (χ4n) is 2.04. The van der Waals surface area contributed by atoms with Crippen molar-refractivity contribution in [3.8, 4) is 0 Å². The van der Waals surface area contributed by atoms with Gasteiger partial charge in [-0.2, -0.15) is 0 Å². The van der Waals surface area contributed by atoms with Gasteiger partial charge in [0.15, 0.2) is 0 Å². The Morgan fingerprint density at radius 3 is 2.46 bits per heavy atom. The van der Waals surface area contributed by atoms with Crippen LogP contribution in [0.25, 0.3) is 0 Å². The van der Waals surface area contributed by atoms with Gasteiger partial charge in [0.2, 0.25) is 15.4 Å². The van der Waals surface area contributed by atoms with Gasteiger partial charge in [-0.1, -0.05) is 49.4 Å². The molecule has 24 heavy (non-hydrogen) atoms. The molecule has 1 heterocycles. The second kappa shape index (κ2) is 7.37. The molecule has 0 unspecified atom stereocenters. The normalized spacial score (nSPS) is 13.0. The molecule has 1 aromatic heterocycles. The number of nitrogens with zero attached hydrogens (tertiary/aromatic N) is 2. The molecule has 0 saturated carbocycles. The molecular formula is C15H20N4O3S2. The molecule has 130 valence electrons. The van der Waals surface area contributed by atoms with Gasteiger partial charge in [0.05, 0.1) is 0 Å². The number of nitrogens with one attached hydrogen (secondary N) is 2. The highest BCUT2D eigenvalue weighted by Gasteiger charge is 2.24. The number of anilines is 1. The van der Waals surface area contributed by atoms with E-state index in [-0.39, 0.29) is 21.3 Å². The van der Waals surface area contributed by atoms with Crippen LogP contribution >= 0.6 is 11.3 Å². The van der Waals surface area contributed by atoms with Crippen LogP contribution in [0.3, 0.4) is 0 Å². The summed E-state index contributed by atoms with van der Waals surface area (Å²) >= 11 is 0.822. The molecule has 0 radical (unpaired) electrons. The number of hydrogen-bond donors (Lipinski definition) is 2. The first-order valence-corrected chi connectivity index (χ1v) is 9.73. The highest BCUT2D eigenvalue weighted by atomic mass is 32.2. The maximum absolute atomic E-state index is 12.4.